The Kier molecular flexibility index (Phi) is 6.62. The Hall–Kier alpha value is -2.38. The standard InChI is InChI=1S/C20H26N2O4S/c1-14-11-15(2)20(16(3)12-14)27(24,25)21-9-10-22(17(4)23)18-7-6-8-19(13-18)26-5/h6-8,11-13,21H,9-10H2,1-5H3. The molecule has 146 valence electrons. The topological polar surface area (TPSA) is 75.7 Å². The van der Waals surface area contributed by atoms with Crippen LogP contribution in [0.5, 0.6) is 5.75 Å². The first-order chi connectivity index (χ1) is 12.7. The van der Waals surface area contributed by atoms with Gasteiger partial charge in [0.15, 0.2) is 0 Å². The van der Waals surface area contributed by atoms with E-state index in [9.17, 15) is 13.2 Å². The lowest BCUT2D eigenvalue weighted by Gasteiger charge is -2.22. The number of rotatable bonds is 7. The summed E-state index contributed by atoms with van der Waals surface area (Å²) >= 11 is 0. The van der Waals surface area contributed by atoms with E-state index < -0.39 is 10.0 Å². The van der Waals surface area contributed by atoms with Gasteiger partial charge in [0, 0.05) is 31.8 Å². The third kappa shape index (κ3) is 5.08. The molecule has 0 saturated carbocycles. The van der Waals surface area contributed by atoms with E-state index in [0.29, 0.717) is 27.5 Å². The van der Waals surface area contributed by atoms with Crippen molar-refractivity contribution in [3.05, 3.63) is 53.1 Å². The third-order valence-corrected chi connectivity index (χ3v) is 6.01. The molecule has 1 amide bonds. The van der Waals surface area contributed by atoms with Crippen molar-refractivity contribution in [2.45, 2.75) is 32.6 Å². The van der Waals surface area contributed by atoms with E-state index in [1.807, 2.05) is 19.1 Å². The maximum Gasteiger partial charge on any atom is 0.241 e. The summed E-state index contributed by atoms with van der Waals surface area (Å²) < 4.78 is 33.3. The zero-order valence-corrected chi connectivity index (χ0v) is 17.2. The van der Waals surface area contributed by atoms with Crippen LogP contribution in [0.3, 0.4) is 0 Å². The minimum atomic E-state index is -3.67. The number of anilines is 1. The van der Waals surface area contributed by atoms with Crippen molar-refractivity contribution in [1.29, 1.82) is 0 Å². The van der Waals surface area contributed by atoms with Gasteiger partial charge in [0.25, 0.3) is 0 Å². The number of methoxy groups -OCH3 is 1. The molecule has 0 atom stereocenters. The van der Waals surface area contributed by atoms with Crippen molar-refractivity contribution in [3.8, 4) is 5.75 Å². The number of hydrogen-bond donors (Lipinski definition) is 1. The lowest BCUT2D eigenvalue weighted by atomic mass is 10.1. The van der Waals surface area contributed by atoms with Crippen molar-refractivity contribution in [2.24, 2.45) is 0 Å². The second-order valence-electron chi connectivity index (χ2n) is 6.50. The van der Waals surface area contributed by atoms with Crippen LogP contribution >= 0.6 is 0 Å². The van der Waals surface area contributed by atoms with Crippen LogP contribution in [0.4, 0.5) is 5.69 Å². The van der Waals surface area contributed by atoms with Gasteiger partial charge in [-0.25, -0.2) is 13.1 Å². The lowest BCUT2D eigenvalue weighted by Crippen LogP contribution is -2.37. The number of aryl methyl sites for hydroxylation is 3. The third-order valence-electron chi connectivity index (χ3n) is 4.25. The number of sulfonamides is 1. The summed E-state index contributed by atoms with van der Waals surface area (Å²) in [5.74, 6) is 0.454. The van der Waals surface area contributed by atoms with Crippen molar-refractivity contribution in [1.82, 2.24) is 4.72 Å². The second-order valence-corrected chi connectivity index (χ2v) is 8.20. The fourth-order valence-corrected chi connectivity index (χ4v) is 4.67. The molecule has 0 aliphatic rings. The van der Waals surface area contributed by atoms with Gasteiger partial charge in [0.05, 0.1) is 12.0 Å². The lowest BCUT2D eigenvalue weighted by molar-refractivity contribution is -0.116. The van der Waals surface area contributed by atoms with Crippen molar-refractivity contribution in [2.75, 3.05) is 25.1 Å². The molecule has 0 spiro atoms. The van der Waals surface area contributed by atoms with Gasteiger partial charge in [-0.05, 0) is 44.0 Å². The predicted octanol–water partition coefficient (Wildman–Crippen LogP) is 2.95. The van der Waals surface area contributed by atoms with Crippen LogP contribution in [0.2, 0.25) is 0 Å². The normalized spacial score (nSPS) is 11.3. The molecule has 1 N–H and O–H groups in total. The summed E-state index contributed by atoms with van der Waals surface area (Å²) in [6.07, 6.45) is 0. The molecular formula is C20H26N2O4S. The SMILES string of the molecule is COc1cccc(N(CCNS(=O)(=O)c2c(C)cc(C)cc2C)C(C)=O)c1. The highest BCUT2D eigenvalue weighted by molar-refractivity contribution is 7.89. The molecule has 0 aliphatic heterocycles. The van der Waals surface area contributed by atoms with Gasteiger partial charge in [-0.1, -0.05) is 23.8 Å². The molecule has 0 fully saturated rings. The number of nitrogens with one attached hydrogen (secondary N) is 1. The first-order valence-corrected chi connectivity index (χ1v) is 10.1. The number of ether oxygens (including phenoxy) is 1. The van der Waals surface area contributed by atoms with Gasteiger partial charge in [0.2, 0.25) is 15.9 Å². The molecule has 2 aromatic rings. The molecule has 6 nitrogen and oxygen atoms in total. The second kappa shape index (κ2) is 8.54. The van der Waals surface area contributed by atoms with Crippen LogP contribution in [0.15, 0.2) is 41.3 Å². The van der Waals surface area contributed by atoms with Crippen LogP contribution in [-0.2, 0) is 14.8 Å². The molecule has 2 aromatic carbocycles. The van der Waals surface area contributed by atoms with Crippen LogP contribution in [-0.4, -0.2) is 34.5 Å². The number of nitrogens with zero attached hydrogens (tertiary/aromatic N) is 1. The van der Waals surface area contributed by atoms with Crippen LogP contribution < -0.4 is 14.4 Å². The van der Waals surface area contributed by atoms with Gasteiger partial charge in [0.1, 0.15) is 5.75 Å². The summed E-state index contributed by atoms with van der Waals surface area (Å²) in [5, 5.41) is 0. The highest BCUT2D eigenvalue weighted by Crippen LogP contribution is 2.22. The van der Waals surface area contributed by atoms with Gasteiger partial charge < -0.3 is 9.64 Å². The summed E-state index contributed by atoms with van der Waals surface area (Å²) in [4.78, 5) is 13.8. The first kappa shape index (κ1) is 20.9. The number of amides is 1. The minimum absolute atomic E-state index is 0.103. The van der Waals surface area contributed by atoms with E-state index >= 15 is 0 Å². The number of hydrogen-bond acceptors (Lipinski definition) is 4. The van der Waals surface area contributed by atoms with Crippen molar-refractivity contribution >= 4 is 21.6 Å². The monoisotopic (exact) mass is 390 g/mol. The van der Waals surface area contributed by atoms with Crippen molar-refractivity contribution in [3.63, 3.8) is 0 Å². The molecule has 0 heterocycles. The number of benzene rings is 2. The molecule has 0 saturated heterocycles. The average Bonchev–Trinajstić information content (AvgIpc) is 2.57. The van der Waals surface area contributed by atoms with Gasteiger partial charge in [-0.2, -0.15) is 0 Å². The molecule has 27 heavy (non-hydrogen) atoms. The zero-order chi connectivity index (χ0) is 20.2. The quantitative estimate of drug-likeness (QED) is 0.789. The molecule has 0 bridgehead atoms. The Balaban J connectivity index is 2.16. The molecule has 0 radical (unpaired) electrons. The molecule has 0 aliphatic carbocycles. The average molecular weight is 391 g/mol. The fourth-order valence-electron chi connectivity index (χ4n) is 3.20. The Morgan fingerprint density at radius 3 is 2.30 bits per heavy atom. The van der Waals surface area contributed by atoms with E-state index in [1.165, 1.54) is 11.8 Å². The smallest absolute Gasteiger partial charge is 0.241 e. The number of carbonyl (C=O) groups is 1. The van der Waals surface area contributed by atoms with Crippen molar-refractivity contribution < 1.29 is 17.9 Å². The minimum Gasteiger partial charge on any atom is -0.497 e. The van der Waals surface area contributed by atoms with Gasteiger partial charge in [-0.3, -0.25) is 4.79 Å². The maximum absolute atomic E-state index is 12.7. The fraction of sp³-hybridized carbons (Fsp3) is 0.350. The van der Waals surface area contributed by atoms with Crippen LogP contribution in [0.1, 0.15) is 23.6 Å². The molecular weight excluding hydrogens is 364 g/mol. The maximum atomic E-state index is 12.7. The highest BCUT2D eigenvalue weighted by Gasteiger charge is 2.20. The van der Waals surface area contributed by atoms with Crippen LogP contribution in [0, 0.1) is 20.8 Å². The summed E-state index contributed by atoms with van der Waals surface area (Å²) in [7, 11) is -2.11. The Morgan fingerprint density at radius 1 is 1.11 bits per heavy atom. The molecule has 2 rings (SSSR count). The Bertz CT molecular complexity index is 916. The summed E-state index contributed by atoms with van der Waals surface area (Å²) in [6, 6.07) is 10.8. The zero-order valence-electron chi connectivity index (χ0n) is 16.4. The molecule has 0 unspecified atom stereocenters. The van der Waals surface area contributed by atoms with E-state index in [0.717, 1.165) is 5.56 Å². The first-order valence-electron chi connectivity index (χ1n) is 8.65. The largest absolute Gasteiger partial charge is 0.497 e. The van der Waals surface area contributed by atoms with E-state index in [4.69, 9.17) is 4.74 Å². The summed E-state index contributed by atoms with van der Waals surface area (Å²) in [5.41, 5.74) is 3.08. The Labute approximate surface area is 161 Å². The van der Waals surface area contributed by atoms with Crippen LogP contribution in [0.25, 0.3) is 0 Å². The van der Waals surface area contributed by atoms with E-state index in [-0.39, 0.29) is 19.0 Å². The molecule has 0 aromatic heterocycles. The van der Waals surface area contributed by atoms with E-state index in [1.54, 1.807) is 45.2 Å². The highest BCUT2D eigenvalue weighted by atomic mass is 32.2. The van der Waals surface area contributed by atoms with E-state index in [2.05, 4.69) is 4.72 Å². The van der Waals surface area contributed by atoms with Gasteiger partial charge >= 0.3 is 0 Å². The Morgan fingerprint density at radius 2 is 1.74 bits per heavy atom. The number of carbonyl (C=O) groups excluding carboxylic acids is 1. The van der Waals surface area contributed by atoms with Gasteiger partial charge in [-0.15, -0.1) is 0 Å². The predicted molar refractivity (Wildman–Crippen MR) is 107 cm³/mol. The summed E-state index contributed by atoms with van der Waals surface area (Å²) in [6.45, 7) is 7.27. The molecule has 7 heteroatoms.